The minimum atomic E-state index is -1.03. The van der Waals surface area contributed by atoms with E-state index in [1.807, 2.05) is 13.0 Å². The van der Waals surface area contributed by atoms with Gasteiger partial charge in [-0.1, -0.05) is 45.2 Å². The third-order valence-electron chi connectivity index (χ3n) is 4.78. The highest BCUT2D eigenvalue weighted by Crippen LogP contribution is 2.39. The maximum atomic E-state index is 12.8. The number of nitrogens with zero attached hydrogens (tertiary/aromatic N) is 1. The number of thioether (sulfide) groups is 1. The van der Waals surface area contributed by atoms with E-state index < -0.39 is 23.2 Å². The Balaban J connectivity index is 1.86. The van der Waals surface area contributed by atoms with Crippen LogP contribution in [-0.2, 0) is 20.9 Å². The van der Waals surface area contributed by atoms with Gasteiger partial charge in [0.25, 0.3) is 11.1 Å². The van der Waals surface area contributed by atoms with Gasteiger partial charge in [0.15, 0.2) is 11.5 Å². The summed E-state index contributed by atoms with van der Waals surface area (Å²) >= 11 is 16.3. The van der Waals surface area contributed by atoms with Gasteiger partial charge in [0, 0.05) is 4.47 Å². The Kier molecular flexibility index (Phi) is 8.92. The number of halogens is 3. The number of imide groups is 1. The van der Waals surface area contributed by atoms with E-state index in [0.29, 0.717) is 38.2 Å². The van der Waals surface area contributed by atoms with Crippen LogP contribution in [0.5, 0.6) is 11.5 Å². The molecule has 180 valence electrons. The molecule has 0 spiro atoms. The molecule has 1 saturated heterocycles. The average Bonchev–Trinajstić information content (AvgIpc) is 3.08. The fraction of sp³-hybridized carbons (Fsp3) is 0.261. The van der Waals surface area contributed by atoms with E-state index in [0.717, 1.165) is 22.2 Å². The fourth-order valence-corrected chi connectivity index (χ4v) is 4.72. The summed E-state index contributed by atoms with van der Waals surface area (Å²) in [6.45, 7) is 3.89. The predicted molar refractivity (Wildman–Crippen MR) is 135 cm³/mol. The molecular weight excluding hydrogens is 569 g/mol. The SMILES string of the molecule is CCOc1cc(/C=C2/SC(=O)N([C@H](C)C(=O)OC)C2=O)c(Br)cc1OCc1ccc(Cl)c(Cl)c1. The number of amides is 2. The van der Waals surface area contributed by atoms with Crippen molar-refractivity contribution in [1.82, 2.24) is 4.90 Å². The van der Waals surface area contributed by atoms with Gasteiger partial charge >= 0.3 is 5.97 Å². The number of methoxy groups -OCH3 is 1. The molecular formula is C23H20BrCl2NO6S. The zero-order chi connectivity index (χ0) is 25.0. The first-order valence-electron chi connectivity index (χ1n) is 10.0. The molecule has 0 aliphatic carbocycles. The summed E-state index contributed by atoms with van der Waals surface area (Å²) in [5, 5.41) is 0.342. The third kappa shape index (κ3) is 5.89. The lowest BCUT2D eigenvalue weighted by Crippen LogP contribution is -2.42. The first-order valence-corrected chi connectivity index (χ1v) is 12.4. The third-order valence-corrected chi connectivity index (χ3v) is 7.09. The maximum absolute atomic E-state index is 12.8. The molecule has 3 rings (SSSR count). The van der Waals surface area contributed by atoms with Crippen molar-refractivity contribution in [3.8, 4) is 11.5 Å². The Morgan fingerprint density at radius 3 is 2.50 bits per heavy atom. The predicted octanol–water partition coefficient (Wildman–Crippen LogP) is 6.33. The van der Waals surface area contributed by atoms with Gasteiger partial charge < -0.3 is 14.2 Å². The largest absolute Gasteiger partial charge is 0.490 e. The molecule has 2 aromatic rings. The summed E-state index contributed by atoms with van der Waals surface area (Å²) < 4.78 is 16.9. The van der Waals surface area contributed by atoms with E-state index in [9.17, 15) is 14.4 Å². The highest BCUT2D eigenvalue weighted by Gasteiger charge is 2.41. The van der Waals surface area contributed by atoms with Crippen molar-refractivity contribution in [2.45, 2.75) is 26.5 Å². The minimum Gasteiger partial charge on any atom is -0.490 e. The molecule has 0 bridgehead atoms. The van der Waals surface area contributed by atoms with Crippen LogP contribution in [0.15, 0.2) is 39.7 Å². The van der Waals surface area contributed by atoms with Gasteiger partial charge in [0.2, 0.25) is 0 Å². The van der Waals surface area contributed by atoms with E-state index in [1.54, 1.807) is 30.3 Å². The second kappa shape index (κ2) is 11.5. The van der Waals surface area contributed by atoms with Crippen LogP contribution >= 0.6 is 50.9 Å². The molecule has 2 aromatic carbocycles. The molecule has 1 atom stereocenters. The maximum Gasteiger partial charge on any atom is 0.328 e. The number of hydrogen-bond donors (Lipinski definition) is 0. The van der Waals surface area contributed by atoms with Crippen molar-refractivity contribution in [3.05, 3.63) is 60.9 Å². The fourth-order valence-electron chi connectivity index (χ4n) is 3.06. The molecule has 0 saturated carbocycles. The van der Waals surface area contributed by atoms with E-state index in [4.69, 9.17) is 32.7 Å². The van der Waals surface area contributed by atoms with Crippen molar-refractivity contribution < 1.29 is 28.6 Å². The van der Waals surface area contributed by atoms with Crippen LogP contribution in [0.25, 0.3) is 6.08 Å². The van der Waals surface area contributed by atoms with E-state index in [1.165, 1.54) is 14.0 Å². The average molecular weight is 589 g/mol. The van der Waals surface area contributed by atoms with Gasteiger partial charge in [0.05, 0.1) is 28.7 Å². The topological polar surface area (TPSA) is 82.1 Å². The lowest BCUT2D eigenvalue weighted by atomic mass is 10.1. The van der Waals surface area contributed by atoms with Gasteiger partial charge in [-0.05, 0) is 67.1 Å². The van der Waals surface area contributed by atoms with Crippen LogP contribution in [0, 0.1) is 0 Å². The molecule has 11 heteroatoms. The number of rotatable bonds is 8. The highest BCUT2D eigenvalue weighted by molar-refractivity contribution is 9.10. The van der Waals surface area contributed by atoms with E-state index in [-0.39, 0.29) is 11.5 Å². The normalized spacial score (nSPS) is 15.6. The van der Waals surface area contributed by atoms with Gasteiger partial charge in [-0.15, -0.1) is 0 Å². The molecule has 7 nitrogen and oxygen atoms in total. The molecule has 1 fully saturated rings. The summed E-state index contributed by atoms with van der Waals surface area (Å²) in [6.07, 6.45) is 1.56. The second-order valence-electron chi connectivity index (χ2n) is 7.04. The summed E-state index contributed by atoms with van der Waals surface area (Å²) in [6, 6.07) is 7.62. The molecule has 2 amide bonds. The van der Waals surface area contributed by atoms with Crippen LogP contribution in [0.2, 0.25) is 10.0 Å². The van der Waals surface area contributed by atoms with E-state index in [2.05, 4.69) is 20.7 Å². The number of carbonyl (C=O) groups is 3. The van der Waals surface area contributed by atoms with Crippen LogP contribution < -0.4 is 9.47 Å². The number of benzene rings is 2. The Bertz CT molecular complexity index is 1170. The quantitative estimate of drug-likeness (QED) is 0.263. The van der Waals surface area contributed by atoms with Crippen LogP contribution in [-0.4, -0.2) is 41.8 Å². The van der Waals surface area contributed by atoms with Gasteiger partial charge in [-0.2, -0.15) is 0 Å². The first kappa shape index (κ1) is 26.4. The van der Waals surface area contributed by atoms with Crippen LogP contribution in [0.1, 0.15) is 25.0 Å². The number of esters is 1. The van der Waals surface area contributed by atoms with Gasteiger partial charge in [-0.3, -0.25) is 14.5 Å². The molecule has 0 unspecified atom stereocenters. The van der Waals surface area contributed by atoms with Gasteiger partial charge in [-0.25, -0.2) is 4.79 Å². The van der Waals surface area contributed by atoms with Crippen molar-refractivity contribution in [3.63, 3.8) is 0 Å². The molecule has 1 aliphatic heterocycles. The Morgan fingerprint density at radius 2 is 1.85 bits per heavy atom. The van der Waals surface area contributed by atoms with Gasteiger partial charge in [0.1, 0.15) is 12.6 Å². The Morgan fingerprint density at radius 1 is 1.15 bits per heavy atom. The van der Waals surface area contributed by atoms with Crippen molar-refractivity contribution in [1.29, 1.82) is 0 Å². The lowest BCUT2D eigenvalue weighted by molar-refractivity contribution is -0.148. The van der Waals surface area contributed by atoms with Crippen molar-refractivity contribution >= 4 is 74.1 Å². The number of hydrogen-bond acceptors (Lipinski definition) is 7. The lowest BCUT2D eigenvalue weighted by Gasteiger charge is -2.18. The molecule has 0 N–H and O–H groups in total. The smallest absolute Gasteiger partial charge is 0.328 e. The van der Waals surface area contributed by atoms with E-state index >= 15 is 0 Å². The summed E-state index contributed by atoms with van der Waals surface area (Å²) in [4.78, 5) is 38.0. The number of ether oxygens (including phenoxy) is 3. The highest BCUT2D eigenvalue weighted by atomic mass is 79.9. The number of carbonyl (C=O) groups excluding carboxylic acids is 3. The zero-order valence-corrected chi connectivity index (χ0v) is 22.3. The minimum absolute atomic E-state index is 0.174. The van der Waals surface area contributed by atoms with Crippen LogP contribution in [0.3, 0.4) is 0 Å². The van der Waals surface area contributed by atoms with Crippen molar-refractivity contribution in [2.24, 2.45) is 0 Å². The summed E-state index contributed by atoms with van der Waals surface area (Å²) in [5.41, 5.74) is 1.42. The zero-order valence-electron chi connectivity index (χ0n) is 18.4. The molecule has 1 heterocycles. The summed E-state index contributed by atoms with van der Waals surface area (Å²) in [7, 11) is 1.20. The first-order chi connectivity index (χ1) is 16.2. The molecule has 1 aliphatic rings. The summed E-state index contributed by atoms with van der Waals surface area (Å²) in [5.74, 6) is -0.312. The molecule has 0 aromatic heterocycles. The monoisotopic (exact) mass is 587 g/mol. The standard InChI is InChI=1S/C23H20BrCl2NO6S/c1-4-32-18-8-14(9-20-21(28)27(23(30)34-20)12(2)22(29)31-3)15(24)10-19(18)33-11-13-5-6-16(25)17(26)7-13/h5-10,12H,4,11H2,1-3H3/b20-9+/t12-/m1/s1. The molecule has 0 radical (unpaired) electrons. The Hall–Kier alpha value is -2.20. The molecule has 34 heavy (non-hydrogen) atoms. The van der Waals surface area contributed by atoms with Crippen molar-refractivity contribution in [2.75, 3.05) is 13.7 Å². The Labute approximate surface area is 219 Å². The second-order valence-corrected chi connectivity index (χ2v) is 9.70. The van der Waals surface area contributed by atoms with Crippen LogP contribution in [0.4, 0.5) is 4.79 Å².